The Hall–Kier alpha value is -1.40. The summed E-state index contributed by atoms with van der Waals surface area (Å²) in [6.45, 7) is 6.08. The Morgan fingerprint density at radius 1 is 1.43 bits per heavy atom. The minimum Gasteiger partial charge on any atom is -0.369 e. The molecule has 2 fully saturated rings. The number of aromatic nitrogens is 2. The zero-order valence-corrected chi connectivity index (χ0v) is 12.6. The number of piperidine rings is 1. The van der Waals surface area contributed by atoms with Gasteiger partial charge in [0, 0.05) is 26.2 Å². The third-order valence-corrected chi connectivity index (χ3v) is 4.40. The molecule has 0 spiro atoms. The van der Waals surface area contributed by atoms with Gasteiger partial charge in [0.1, 0.15) is 12.1 Å². The minimum absolute atomic E-state index is 0.0159. The van der Waals surface area contributed by atoms with Crippen LogP contribution in [0.2, 0.25) is 0 Å². The average molecular weight is 292 g/mol. The molecule has 1 N–H and O–H groups in total. The Kier molecular flexibility index (Phi) is 4.55. The maximum absolute atomic E-state index is 12.7. The van der Waals surface area contributed by atoms with Gasteiger partial charge in [0.15, 0.2) is 0 Å². The molecule has 2 aliphatic heterocycles. The normalized spacial score (nSPS) is 24.8. The van der Waals surface area contributed by atoms with Crippen LogP contribution in [-0.4, -0.2) is 53.1 Å². The zero-order valence-electron chi connectivity index (χ0n) is 12.6. The summed E-state index contributed by atoms with van der Waals surface area (Å²) < 4.78 is 7.76. The van der Waals surface area contributed by atoms with Crippen molar-refractivity contribution >= 4 is 5.91 Å². The van der Waals surface area contributed by atoms with E-state index in [1.54, 1.807) is 6.33 Å². The Morgan fingerprint density at radius 2 is 2.24 bits per heavy atom. The lowest BCUT2D eigenvalue weighted by atomic mass is 10.1. The second kappa shape index (κ2) is 6.58. The van der Waals surface area contributed by atoms with Crippen LogP contribution in [0, 0.1) is 0 Å². The third kappa shape index (κ3) is 3.11. The van der Waals surface area contributed by atoms with Crippen molar-refractivity contribution in [3.8, 4) is 0 Å². The summed E-state index contributed by atoms with van der Waals surface area (Å²) in [6, 6.07) is -0.217. The first-order chi connectivity index (χ1) is 10.3. The van der Waals surface area contributed by atoms with E-state index in [-0.39, 0.29) is 18.1 Å². The smallest absolute Gasteiger partial charge is 0.245 e. The number of nitrogens with one attached hydrogen (secondary N) is 1. The van der Waals surface area contributed by atoms with Crippen LogP contribution in [0.3, 0.4) is 0 Å². The van der Waals surface area contributed by atoms with Gasteiger partial charge in [-0.25, -0.2) is 4.98 Å². The molecule has 0 saturated carbocycles. The predicted octanol–water partition coefficient (Wildman–Crippen LogP) is 1.12. The molecule has 116 valence electrons. The summed E-state index contributed by atoms with van der Waals surface area (Å²) >= 11 is 0. The van der Waals surface area contributed by atoms with E-state index in [0.717, 1.165) is 44.7 Å². The Labute approximate surface area is 125 Å². The van der Waals surface area contributed by atoms with Crippen LogP contribution in [0.15, 0.2) is 12.5 Å². The van der Waals surface area contributed by atoms with E-state index in [0.29, 0.717) is 6.61 Å². The Balaban J connectivity index is 1.73. The molecular formula is C15H24N4O2. The number of amides is 1. The Morgan fingerprint density at radius 3 is 2.95 bits per heavy atom. The van der Waals surface area contributed by atoms with Crippen molar-refractivity contribution in [1.29, 1.82) is 0 Å². The van der Waals surface area contributed by atoms with Crippen molar-refractivity contribution < 1.29 is 9.53 Å². The van der Waals surface area contributed by atoms with E-state index in [2.05, 4.69) is 10.3 Å². The van der Waals surface area contributed by atoms with Crippen molar-refractivity contribution in [3.63, 3.8) is 0 Å². The van der Waals surface area contributed by atoms with Gasteiger partial charge in [0.05, 0.1) is 24.8 Å². The predicted molar refractivity (Wildman–Crippen MR) is 78.9 cm³/mol. The first kappa shape index (κ1) is 14.5. The molecule has 1 aromatic heterocycles. The number of likely N-dealkylation sites (tertiary alicyclic amines) is 1. The fourth-order valence-corrected chi connectivity index (χ4v) is 3.14. The second-order valence-electron chi connectivity index (χ2n) is 5.85. The van der Waals surface area contributed by atoms with Gasteiger partial charge in [-0.2, -0.15) is 0 Å². The largest absolute Gasteiger partial charge is 0.369 e. The number of carbonyl (C=O) groups excluding carboxylic acids is 1. The van der Waals surface area contributed by atoms with Crippen LogP contribution in [0.5, 0.6) is 0 Å². The molecule has 1 amide bonds. The average Bonchev–Trinajstić information content (AvgIpc) is 3.04. The molecule has 3 rings (SSSR count). The standard InChI is InChI=1S/C15H24N4O2/c1-12(15(20)18-6-3-2-4-7-18)19-11-17-9-13(19)14-10-16-5-8-21-14/h9,11-12,14,16H,2-8,10H2,1H3. The van der Waals surface area contributed by atoms with Crippen LogP contribution in [0.25, 0.3) is 0 Å². The molecule has 0 bridgehead atoms. The van der Waals surface area contributed by atoms with Gasteiger partial charge in [0.2, 0.25) is 5.91 Å². The summed E-state index contributed by atoms with van der Waals surface area (Å²) in [7, 11) is 0. The fraction of sp³-hybridized carbons (Fsp3) is 0.733. The van der Waals surface area contributed by atoms with E-state index in [1.807, 2.05) is 22.6 Å². The minimum atomic E-state index is -0.217. The summed E-state index contributed by atoms with van der Waals surface area (Å²) in [6.07, 6.45) is 7.02. The van der Waals surface area contributed by atoms with Crippen molar-refractivity contribution in [2.45, 2.75) is 38.3 Å². The molecule has 6 heteroatoms. The maximum atomic E-state index is 12.7. The van der Waals surface area contributed by atoms with Crippen LogP contribution >= 0.6 is 0 Å². The zero-order chi connectivity index (χ0) is 14.7. The van der Waals surface area contributed by atoms with Gasteiger partial charge in [-0.1, -0.05) is 0 Å². The molecule has 21 heavy (non-hydrogen) atoms. The quantitative estimate of drug-likeness (QED) is 0.907. The highest BCUT2D eigenvalue weighted by Crippen LogP contribution is 2.23. The lowest BCUT2D eigenvalue weighted by Gasteiger charge is -2.31. The maximum Gasteiger partial charge on any atom is 0.245 e. The van der Waals surface area contributed by atoms with Gasteiger partial charge in [-0.3, -0.25) is 4.79 Å². The SMILES string of the molecule is CC(C(=O)N1CCCCC1)n1cncc1C1CNCCO1. The van der Waals surface area contributed by atoms with Crippen molar-refractivity contribution in [3.05, 3.63) is 18.2 Å². The van der Waals surface area contributed by atoms with Crippen LogP contribution < -0.4 is 5.32 Å². The first-order valence-corrected chi connectivity index (χ1v) is 7.90. The lowest BCUT2D eigenvalue weighted by molar-refractivity contribution is -0.135. The van der Waals surface area contributed by atoms with Gasteiger partial charge < -0.3 is 19.5 Å². The van der Waals surface area contributed by atoms with Gasteiger partial charge in [-0.15, -0.1) is 0 Å². The summed E-state index contributed by atoms with van der Waals surface area (Å²) in [5.41, 5.74) is 0.986. The molecule has 6 nitrogen and oxygen atoms in total. The molecule has 2 unspecified atom stereocenters. The summed E-state index contributed by atoms with van der Waals surface area (Å²) in [4.78, 5) is 18.9. The van der Waals surface area contributed by atoms with Crippen LogP contribution in [-0.2, 0) is 9.53 Å². The Bertz CT molecular complexity index is 476. The van der Waals surface area contributed by atoms with Crippen molar-refractivity contribution in [2.24, 2.45) is 0 Å². The first-order valence-electron chi connectivity index (χ1n) is 7.90. The van der Waals surface area contributed by atoms with Gasteiger partial charge in [0.25, 0.3) is 0 Å². The van der Waals surface area contributed by atoms with E-state index in [9.17, 15) is 4.79 Å². The molecule has 2 atom stereocenters. The van der Waals surface area contributed by atoms with E-state index in [4.69, 9.17) is 4.74 Å². The molecule has 0 aliphatic carbocycles. The highest BCUT2D eigenvalue weighted by atomic mass is 16.5. The van der Waals surface area contributed by atoms with E-state index in [1.165, 1.54) is 6.42 Å². The van der Waals surface area contributed by atoms with Gasteiger partial charge >= 0.3 is 0 Å². The van der Waals surface area contributed by atoms with Crippen LogP contribution in [0.1, 0.15) is 44.0 Å². The second-order valence-corrected chi connectivity index (χ2v) is 5.85. The number of imidazole rings is 1. The number of hydrogen-bond acceptors (Lipinski definition) is 4. The highest BCUT2D eigenvalue weighted by molar-refractivity contribution is 5.80. The summed E-state index contributed by atoms with van der Waals surface area (Å²) in [5.74, 6) is 0.192. The summed E-state index contributed by atoms with van der Waals surface area (Å²) in [5, 5.41) is 3.32. The van der Waals surface area contributed by atoms with E-state index >= 15 is 0 Å². The molecule has 0 radical (unpaired) electrons. The monoisotopic (exact) mass is 292 g/mol. The number of rotatable bonds is 3. The van der Waals surface area contributed by atoms with Crippen LogP contribution in [0.4, 0.5) is 0 Å². The molecule has 0 aromatic carbocycles. The third-order valence-electron chi connectivity index (χ3n) is 4.40. The number of nitrogens with zero attached hydrogens (tertiary/aromatic N) is 3. The molecule has 2 saturated heterocycles. The number of hydrogen-bond donors (Lipinski definition) is 1. The van der Waals surface area contributed by atoms with E-state index < -0.39 is 0 Å². The number of ether oxygens (including phenoxy) is 1. The molecule has 2 aliphatic rings. The highest BCUT2D eigenvalue weighted by Gasteiger charge is 2.27. The molecule has 1 aromatic rings. The number of morpholine rings is 1. The topological polar surface area (TPSA) is 59.4 Å². The lowest BCUT2D eigenvalue weighted by Crippen LogP contribution is -2.40. The molecular weight excluding hydrogens is 268 g/mol. The van der Waals surface area contributed by atoms with Crippen molar-refractivity contribution in [1.82, 2.24) is 19.8 Å². The van der Waals surface area contributed by atoms with Gasteiger partial charge in [-0.05, 0) is 26.2 Å². The number of carbonyl (C=O) groups is 1. The fourth-order valence-electron chi connectivity index (χ4n) is 3.14. The molecule has 3 heterocycles. The van der Waals surface area contributed by atoms with Crippen molar-refractivity contribution in [2.75, 3.05) is 32.8 Å².